The number of fused-ring (bicyclic) bond motifs is 1. The molecule has 1 aromatic carbocycles. The third-order valence-corrected chi connectivity index (χ3v) is 3.50. The first-order chi connectivity index (χ1) is 9.63. The number of hydrogen-bond acceptors (Lipinski definition) is 2. The molecular weight excluding hydrogens is 318 g/mol. The van der Waals surface area contributed by atoms with Crippen molar-refractivity contribution in [2.24, 2.45) is 0 Å². The Labute approximate surface area is 124 Å². The predicted octanol–water partition coefficient (Wildman–Crippen LogP) is 3.66. The minimum atomic E-state index is -0.216. The van der Waals surface area contributed by atoms with E-state index < -0.39 is 0 Å². The maximum absolute atomic E-state index is 12.2. The Morgan fingerprint density at radius 2 is 2.05 bits per heavy atom. The van der Waals surface area contributed by atoms with Gasteiger partial charge in [-0.3, -0.25) is 4.79 Å². The van der Waals surface area contributed by atoms with Crippen LogP contribution in [0.4, 0.5) is 5.69 Å². The third kappa shape index (κ3) is 2.44. The summed E-state index contributed by atoms with van der Waals surface area (Å²) in [6, 6.07) is 13.2. The van der Waals surface area contributed by atoms with Crippen molar-refractivity contribution < 1.29 is 4.79 Å². The highest BCUT2D eigenvalue weighted by molar-refractivity contribution is 9.10. The van der Waals surface area contributed by atoms with Crippen LogP contribution in [-0.2, 0) is 0 Å². The van der Waals surface area contributed by atoms with Gasteiger partial charge >= 0.3 is 0 Å². The lowest BCUT2D eigenvalue weighted by Crippen LogP contribution is -2.12. The van der Waals surface area contributed by atoms with E-state index in [-0.39, 0.29) is 5.91 Å². The maximum atomic E-state index is 12.2. The van der Waals surface area contributed by atoms with E-state index in [1.54, 1.807) is 6.20 Å². The predicted molar refractivity (Wildman–Crippen MR) is 82.0 cm³/mol. The molecule has 0 saturated heterocycles. The smallest absolute Gasteiger partial charge is 0.275 e. The number of aromatic nitrogens is 2. The first-order valence-electron chi connectivity index (χ1n) is 6.15. The van der Waals surface area contributed by atoms with E-state index in [0.29, 0.717) is 5.69 Å². The molecule has 5 heteroatoms. The minimum absolute atomic E-state index is 0.216. The van der Waals surface area contributed by atoms with Gasteiger partial charge in [-0.2, -0.15) is 0 Å². The Balaban J connectivity index is 1.91. The summed E-state index contributed by atoms with van der Waals surface area (Å²) in [7, 11) is 0. The number of halogens is 1. The lowest BCUT2D eigenvalue weighted by molar-refractivity contribution is 0.102. The third-order valence-electron chi connectivity index (χ3n) is 3.01. The molecule has 0 radical (unpaired) electrons. The van der Waals surface area contributed by atoms with Gasteiger partial charge in [-0.25, -0.2) is 4.98 Å². The second-order valence-electron chi connectivity index (χ2n) is 4.49. The Bertz CT molecular complexity index is 795. The van der Waals surface area contributed by atoms with Crippen LogP contribution in [0, 0.1) is 6.92 Å². The molecule has 0 aliphatic carbocycles. The first kappa shape index (κ1) is 12.9. The van der Waals surface area contributed by atoms with E-state index in [4.69, 9.17) is 0 Å². The second-order valence-corrected chi connectivity index (χ2v) is 5.40. The molecule has 3 rings (SSSR count). The number of nitrogens with one attached hydrogen (secondary N) is 1. The average molecular weight is 330 g/mol. The van der Waals surface area contributed by atoms with Crippen LogP contribution in [0.25, 0.3) is 5.65 Å². The Morgan fingerprint density at radius 1 is 1.25 bits per heavy atom. The lowest BCUT2D eigenvalue weighted by Gasteiger charge is -2.02. The molecule has 2 heterocycles. The molecule has 4 nitrogen and oxygen atoms in total. The molecule has 2 aromatic heterocycles. The van der Waals surface area contributed by atoms with Crippen molar-refractivity contribution in [3.8, 4) is 0 Å². The fraction of sp³-hybridized carbons (Fsp3) is 0.0667. The molecule has 3 aromatic rings. The summed E-state index contributed by atoms with van der Waals surface area (Å²) < 4.78 is 2.82. The van der Waals surface area contributed by atoms with E-state index >= 15 is 0 Å². The van der Waals surface area contributed by atoms with E-state index in [9.17, 15) is 4.79 Å². The number of nitrogens with zero attached hydrogens (tertiary/aromatic N) is 2. The van der Waals surface area contributed by atoms with Gasteiger partial charge in [0.25, 0.3) is 5.91 Å². The van der Waals surface area contributed by atoms with Crippen LogP contribution in [0.1, 0.15) is 16.2 Å². The number of pyridine rings is 1. The average Bonchev–Trinajstić information content (AvgIpc) is 2.84. The quantitative estimate of drug-likeness (QED) is 0.779. The van der Waals surface area contributed by atoms with E-state index in [1.807, 2.05) is 53.8 Å². The minimum Gasteiger partial charge on any atom is -0.321 e. The molecule has 20 heavy (non-hydrogen) atoms. The molecule has 0 bridgehead atoms. The van der Waals surface area contributed by atoms with Crippen LogP contribution in [0.15, 0.2) is 53.1 Å². The van der Waals surface area contributed by atoms with Crippen LogP contribution in [0.2, 0.25) is 0 Å². The summed E-state index contributed by atoms with van der Waals surface area (Å²) in [6.07, 6.45) is 1.75. The van der Waals surface area contributed by atoms with Crippen LogP contribution in [0.3, 0.4) is 0 Å². The molecule has 0 atom stereocenters. The van der Waals surface area contributed by atoms with E-state index in [2.05, 4.69) is 26.2 Å². The highest BCUT2D eigenvalue weighted by Crippen LogP contribution is 2.17. The van der Waals surface area contributed by atoms with Crippen molar-refractivity contribution in [2.45, 2.75) is 6.92 Å². The van der Waals surface area contributed by atoms with Gasteiger partial charge in [-0.05, 0) is 37.3 Å². The zero-order valence-electron chi connectivity index (χ0n) is 10.8. The van der Waals surface area contributed by atoms with Crippen molar-refractivity contribution in [2.75, 3.05) is 5.32 Å². The second kappa shape index (κ2) is 5.09. The summed E-state index contributed by atoms with van der Waals surface area (Å²) in [5, 5.41) is 2.83. The van der Waals surface area contributed by atoms with Gasteiger partial charge in [0.1, 0.15) is 11.3 Å². The summed E-state index contributed by atoms with van der Waals surface area (Å²) in [5.41, 5.74) is 2.94. The number of anilines is 1. The van der Waals surface area contributed by atoms with Crippen molar-refractivity contribution in [1.29, 1.82) is 0 Å². The highest BCUT2D eigenvalue weighted by Gasteiger charge is 2.11. The van der Waals surface area contributed by atoms with Crippen LogP contribution < -0.4 is 5.32 Å². The number of amides is 1. The normalized spacial score (nSPS) is 10.7. The van der Waals surface area contributed by atoms with Gasteiger partial charge < -0.3 is 9.72 Å². The van der Waals surface area contributed by atoms with E-state index in [1.165, 1.54) is 0 Å². The SMILES string of the molecule is Cc1cccc2nc(C(=O)Nc3cccc(Br)c3)cn12. The molecule has 1 N–H and O–H groups in total. The number of rotatable bonds is 2. The van der Waals surface area contributed by atoms with Gasteiger partial charge in [-0.1, -0.05) is 28.1 Å². The van der Waals surface area contributed by atoms with Crippen molar-refractivity contribution in [3.05, 3.63) is 64.5 Å². The molecule has 100 valence electrons. The highest BCUT2D eigenvalue weighted by atomic mass is 79.9. The van der Waals surface area contributed by atoms with Crippen LogP contribution >= 0.6 is 15.9 Å². The number of imidazole rings is 1. The molecule has 0 aliphatic rings. The fourth-order valence-corrected chi connectivity index (χ4v) is 2.42. The van der Waals surface area contributed by atoms with E-state index in [0.717, 1.165) is 21.5 Å². The molecule has 0 spiro atoms. The van der Waals surface area contributed by atoms with Gasteiger partial charge in [0.05, 0.1) is 0 Å². The molecular formula is C15H12BrN3O. The number of carbonyl (C=O) groups is 1. The molecule has 0 fully saturated rings. The topological polar surface area (TPSA) is 46.4 Å². The fourth-order valence-electron chi connectivity index (χ4n) is 2.02. The van der Waals surface area contributed by atoms with Gasteiger partial charge in [0, 0.05) is 22.1 Å². The Hall–Kier alpha value is -2.14. The standard InChI is InChI=1S/C15H12BrN3O/c1-10-4-2-7-14-18-13(9-19(10)14)15(20)17-12-6-3-5-11(16)8-12/h2-9H,1H3,(H,17,20). The molecule has 1 amide bonds. The molecule has 0 saturated carbocycles. The van der Waals surface area contributed by atoms with Gasteiger partial charge in [-0.15, -0.1) is 0 Å². The van der Waals surface area contributed by atoms with Gasteiger partial charge in [0.2, 0.25) is 0 Å². The molecule has 0 aliphatic heterocycles. The Morgan fingerprint density at radius 3 is 2.80 bits per heavy atom. The summed E-state index contributed by atoms with van der Waals surface area (Å²) in [4.78, 5) is 16.5. The summed E-state index contributed by atoms with van der Waals surface area (Å²) in [5.74, 6) is -0.216. The monoisotopic (exact) mass is 329 g/mol. The zero-order chi connectivity index (χ0) is 14.1. The number of benzene rings is 1. The number of aryl methyl sites for hydroxylation is 1. The van der Waals surface area contributed by atoms with Crippen molar-refractivity contribution in [3.63, 3.8) is 0 Å². The van der Waals surface area contributed by atoms with Crippen molar-refractivity contribution in [1.82, 2.24) is 9.38 Å². The number of hydrogen-bond donors (Lipinski definition) is 1. The Kier molecular flexibility index (Phi) is 3.28. The lowest BCUT2D eigenvalue weighted by atomic mass is 10.3. The van der Waals surface area contributed by atoms with Crippen molar-refractivity contribution >= 4 is 33.2 Å². The summed E-state index contributed by atoms with van der Waals surface area (Å²) >= 11 is 3.37. The first-order valence-corrected chi connectivity index (χ1v) is 6.94. The number of carbonyl (C=O) groups excluding carboxylic acids is 1. The van der Waals surface area contributed by atoms with Gasteiger partial charge in [0.15, 0.2) is 0 Å². The van der Waals surface area contributed by atoms with Crippen LogP contribution in [0.5, 0.6) is 0 Å². The summed E-state index contributed by atoms with van der Waals surface area (Å²) in [6.45, 7) is 1.98. The maximum Gasteiger partial charge on any atom is 0.275 e. The largest absolute Gasteiger partial charge is 0.321 e. The zero-order valence-corrected chi connectivity index (χ0v) is 12.4. The van der Waals surface area contributed by atoms with Crippen LogP contribution in [-0.4, -0.2) is 15.3 Å². The molecule has 0 unspecified atom stereocenters.